The van der Waals surface area contributed by atoms with Crippen molar-refractivity contribution < 1.29 is 13.9 Å². The van der Waals surface area contributed by atoms with E-state index in [1.807, 2.05) is 19.2 Å². The molecule has 0 radical (unpaired) electrons. The maximum absolute atomic E-state index is 12.2. The van der Waals surface area contributed by atoms with Crippen molar-refractivity contribution in [3.05, 3.63) is 36.4 Å². The summed E-state index contributed by atoms with van der Waals surface area (Å²) in [5.41, 5.74) is 0. The molecule has 2 amide bonds. The number of ether oxygens (including phenoxy) is 1. The van der Waals surface area contributed by atoms with Crippen LogP contribution >= 0.6 is 0 Å². The maximum atomic E-state index is 12.2. The number of amides is 2. The molecule has 2 rings (SSSR count). The van der Waals surface area contributed by atoms with E-state index in [0.717, 1.165) is 18.7 Å². The van der Waals surface area contributed by atoms with Gasteiger partial charge in [-0.25, -0.2) is 4.79 Å². The van der Waals surface area contributed by atoms with Crippen LogP contribution in [0.2, 0.25) is 0 Å². The number of methoxy groups -OCH3 is 1. The number of furan rings is 1. The van der Waals surface area contributed by atoms with Gasteiger partial charge in [0.1, 0.15) is 5.76 Å². The Morgan fingerprint density at radius 1 is 1.55 bits per heavy atom. The Bertz CT molecular complexity index is 579. The Kier molecular flexibility index (Phi) is 5.60. The molecule has 22 heavy (non-hydrogen) atoms. The first-order chi connectivity index (χ1) is 10.6. The molecular weight excluding hydrogens is 284 g/mol. The summed E-state index contributed by atoms with van der Waals surface area (Å²) in [4.78, 5) is 13.8. The number of carbonyl (C=O) groups is 1. The SMILES string of the molecule is COCCCn1ccc(NC(=O)N(C)[C@@H](C)c2ccco2)n1. The molecule has 2 aromatic heterocycles. The molecule has 2 heterocycles. The number of rotatable bonds is 7. The number of nitrogens with zero attached hydrogens (tertiary/aromatic N) is 3. The Morgan fingerprint density at radius 3 is 3.05 bits per heavy atom. The molecule has 120 valence electrons. The molecule has 0 saturated carbocycles. The van der Waals surface area contributed by atoms with E-state index in [1.54, 1.807) is 42.1 Å². The van der Waals surface area contributed by atoms with E-state index in [1.165, 1.54) is 0 Å². The van der Waals surface area contributed by atoms with Crippen LogP contribution in [0.25, 0.3) is 0 Å². The summed E-state index contributed by atoms with van der Waals surface area (Å²) >= 11 is 0. The standard InChI is InChI=1S/C15H22N4O3/c1-12(13-6-4-11-22-13)18(2)15(20)16-14-7-9-19(17-14)8-5-10-21-3/h4,6-7,9,11-12H,5,8,10H2,1-3H3,(H,16,17,20)/t12-/m0/s1. The molecule has 7 heteroatoms. The molecule has 0 aliphatic carbocycles. The minimum Gasteiger partial charge on any atom is -0.467 e. The zero-order chi connectivity index (χ0) is 15.9. The van der Waals surface area contributed by atoms with E-state index in [9.17, 15) is 4.79 Å². The van der Waals surface area contributed by atoms with E-state index in [0.29, 0.717) is 12.4 Å². The predicted molar refractivity (Wildman–Crippen MR) is 82.6 cm³/mol. The van der Waals surface area contributed by atoms with Crippen LogP contribution in [0.15, 0.2) is 35.1 Å². The van der Waals surface area contributed by atoms with Crippen LogP contribution in [0.3, 0.4) is 0 Å². The second-order valence-electron chi connectivity index (χ2n) is 5.04. The molecule has 7 nitrogen and oxygen atoms in total. The van der Waals surface area contributed by atoms with Gasteiger partial charge in [-0.3, -0.25) is 10.00 Å². The van der Waals surface area contributed by atoms with Crippen LogP contribution in [0, 0.1) is 0 Å². The third kappa shape index (κ3) is 4.11. The third-order valence-corrected chi connectivity index (χ3v) is 3.47. The minimum absolute atomic E-state index is 0.154. The quantitative estimate of drug-likeness (QED) is 0.798. The Balaban J connectivity index is 1.88. The van der Waals surface area contributed by atoms with Crippen LogP contribution in [-0.4, -0.2) is 41.5 Å². The molecule has 0 aliphatic heterocycles. The fourth-order valence-corrected chi connectivity index (χ4v) is 2.02. The van der Waals surface area contributed by atoms with Crippen molar-refractivity contribution >= 4 is 11.8 Å². The van der Waals surface area contributed by atoms with Gasteiger partial charge in [0.05, 0.1) is 12.3 Å². The summed E-state index contributed by atoms with van der Waals surface area (Å²) in [7, 11) is 3.39. The minimum atomic E-state index is -0.231. The molecule has 0 unspecified atom stereocenters. The molecule has 0 saturated heterocycles. The number of hydrogen-bond donors (Lipinski definition) is 1. The van der Waals surface area contributed by atoms with Crippen molar-refractivity contribution in [2.24, 2.45) is 0 Å². The topological polar surface area (TPSA) is 72.5 Å². The largest absolute Gasteiger partial charge is 0.467 e. The van der Waals surface area contributed by atoms with Crippen molar-refractivity contribution in [1.82, 2.24) is 14.7 Å². The van der Waals surface area contributed by atoms with Gasteiger partial charge in [-0.1, -0.05) is 0 Å². The molecule has 0 bridgehead atoms. The fourth-order valence-electron chi connectivity index (χ4n) is 2.02. The summed E-state index contributed by atoms with van der Waals surface area (Å²) in [6.07, 6.45) is 4.31. The molecule has 1 N–H and O–H groups in total. The van der Waals surface area contributed by atoms with Crippen LogP contribution in [-0.2, 0) is 11.3 Å². The Morgan fingerprint density at radius 2 is 2.36 bits per heavy atom. The highest BCUT2D eigenvalue weighted by atomic mass is 16.5. The van der Waals surface area contributed by atoms with Gasteiger partial charge in [0, 0.05) is 39.6 Å². The number of anilines is 1. The number of urea groups is 1. The van der Waals surface area contributed by atoms with Crippen molar-refractivity contribution in [3.63, 3.8) is 0 Å². The molecule has 0 aromatic carbocycles. The first-order valence-electron chi connectivity index (χ1n) is 7.21. The fraction of sp³-hybridized carbons (Fsp3) is 0.467. The second kappa shape index (κ2) is 7.65. The van der Waals surface area contributed by atoms with Gasteiger partial charge in [0.25, 0.3) is 0 Å². The van der Waals surface area contributed by atoms with Crippen LogP contribution < -0.4 is 5.32 Å². The zero-order valence-corrected chi connectivity index (χ0v) is 13.2. The zero-order valence-electron chi connectivity index (χ0n) is 13.2. The summed E-state index contributed by atoms with van der Waals surface area (Å²) < 4.78 is 12.1. The van der Waals surface area contributed by atoms with Gasteiger partial charge in [-0.15, -0.1) is 0 Å². The second-order valence-corrected chi connectivity index (χ2v) is 5.04. The normalized spacial score (nSPS) is 12.1. The highest BCUT2D eigenvalue weighted by Gasteiger charge is 2.19. The van der Waals surface area contributed by atoms with Gasteiger partial charge in [-0.05, 0) is 25.5 Å². The monoisotopic (exact) mass is 306 g/mol. The van der Waals surface area contributed by atoms with Crippen molar-refractivity contribution in [2.75, 3.05) is 26.1 Å². The number of aryl methyl sites for hydroxylation is 1. The molecular formula is C15H22N4O3. The number of hydrogen-bond acceptors (Lipinski definition) is 4. The van der Waals surface area contributed by atoms with Gasteiger partial charge in [-0.2, -0.15) is 5.10 Å². The highest BCUT2D eigenvalue weighted by Crippen LogP contribution is 2.19. The Labute approximate surface area is 129 Å². The molecule has 0 aliphatic rings. The van der Waals surface area contributed by atoms with E-state index >= 15 is 0 Å². The first-order valence-corrected chi connectivity index (χ1v) is 7.21. The van der Waals surface area contributed by atoms with Gasteiger partial charge >= 0.3 is 6.03 Å². The predicted octanol–water partition coefficient (Wildman–Crippen LogP) is 2.74. The molecule has 0 fully saturated rings. The maximum Gasteiger partial charge on any atom is 0.323 e. The average molecular weight is 306 g/mol. The van der Waals surface area contributed by atoms with Crippen LogP contribution in [0.1, 0.15) is 25.1 Å². The van der Waals surface area contributed by atoms with Gasteiger partial charge < -0.3 is 14.1 Å². The van der Waals surface area contributed by atoms with E-state index in [4.69, 9.17) is 9.15 Å². The van der Waals surface area contributed by atoms with Crippen molar-refractivity contribution in [2.45, 2.75) is 25.9 Å². The van der Waals surface area contributed by atoms with Crippen LogP contribution in [0.5, 0.6) is 0 Å². The van der Waals surface area contributed by atoms with Crippen molar-refractivity contribution in [1.29, 1.82) is 0 Å². The molecule has 0 spiro atoms. The average Bonchev–Trinajstić information content (AvgIpc) is 3.17. The van der Waals surface area contributed by atoms with Gasteiger partial charge in [0.15, 0.2) is 5.82 Å². The molecule has 2 aromatic rings. The van der Waals surface area contributed by atoms with E-state index < -0.39 is 0 Å². The smallest absolute Gasteiger partial charge is 0.323 e. The number of aromatic nitrogens is 2. The number of nitrogens with one attached hydrogen (secondary N) is 1. The highest BCUT2D eigenvalue weighted by molar-refractivity contribution is 5.88. The Hall–Kier alpha value is -2.28. The summed E-state index contributed by atoms with van der Waals surface area (Å²) in [6, 6.07) is 5.04. The van der Waals surface area contributed by atoms with Gasteiger partial charge in [0.2, 0.25) is 0 Å². The lowest BCUT2D eigenvalue weighted by Crippen LogP contribution is -2.33. The summed E-state index contributed by atoms with van der Waals surface area (Å²) in [5.74, 6) is 1.27. The van der Waals surface area contributed by atoms with Crippen LogP contribution in [0.4, 0.5) is 10.6 Å². The van der Waals surface area contributed by atoms with Crippen molar-refractivity contribution in [3.8, 4) is 0 Å². The lowest BCUT2D eigenvalue weighted by molar-refractivity contribution is 0.189. The summed E-state index contributed by atoms with van der Waals surface area (Å²) in [5, 5.41) is 7.08. The van der Waals surface area contributed by atoms with E-state index in [2.05, 4.69) is 10.4 Å². The lowest BCUT2D eigenvalue weighted by atomic mass is 10.2. The number of carbonyl (C=O) groups excluding carboxylic acids is 1. The molecule has 1 atom stereocenters. The third-order valence-electron chi connectivity index (χ3n) is 3.47. The lowest BCUT2D eigenvalue weighted by Gasteiger charge is -2.23. The van der Waals surface area contributed by atoms with E-state index in [-0.39, 0.29) is 12.1 Å². The summed E-state index contributed by atoms with van der Waals surface area (Å²) in [6.45, 7) is 3.34. The first kappa shape index (κ1) is 16.1.